The molecule has 3 rings (SSSR count). The van der Waals surface area contributed by atoms with Gasteiger partial charge in [-0.3, -0.25) is 0 Å². The number of urea groups is 1. The van der Waals surface area contributed by atoms with Gasteiger partial charge in [0.2, 0.25) is 0 Å². The zero-order valence-corrected chi connectivity index (χ0v) is 13.1. The number of benzene rings is 2. The van der Waals surface area contributed by atoms with Gasteiger partial charge in [-0.1, -0.05) is 41.9 Å². The molecule has 2 unspecified atom stereocenters. The predicted molar refractivity (Wildman–Crippen MR) is 89.5 cm³/mol. The topological polar surface area (TPSA) is 72.8 Å². The molecule has 120 valence electrons. The van der Waals surface area contributed by atoms with Crippen molar-refractivity contribution in [1.82, 2.24) is 4.90 Å². The third-order valence-electron chi connectivity index (χ3n) is 3.85. The van der Waals surface area contributed by atoms with Crippen molar-refractivity contribution >= 4 is 23.3 Å². The largest absolute Gasteiger partial charge is 0.388 e. The Labute approximate surface area is 139 Å². The molecule has 6 heteroatoms. The van der Waals surface area contributed by atoms with E-state index in [1.165, 1.54) is 4.90 Å². The van der Waals surface area contributed by atoms with Gasteiger partial charge in [-0.15, -0.1) is 0 Å². The lowest BCUT2D eigenvalue weighted by Crippen LogP contribution is -2.34. The monoisotopic (exact) mass is 332 g/mol. The zero-order valence-electron chi connectivity index (χ0n) is 12.3. The minimum Gasteiger partial charge on any atom is -0.388 e. The van der Waals surface area contributed by atoms with Crippen LogP contribution in [-0.2, 0) is 0 Å². The van der Waals surface area contributed by atoms with Gasteiger partial charge in [0.15, 0.2) is 0 Å². The van der Waals surface area contributed by atoms with E-state index in [0.29, 0.717) is 10.7 Å². The number of nitrogens with one attached hydrogen (secondary N) is 1. The van der Waals surface area contributed by atoms with Crippen molar-refractivity contribution in [3.05, 3.63) is 53.6 Å². The number of likely N-dealkylation sites (tertiary alicyclic amines) is 1. The number of carbonyl (C=O) groups is 1. The number of carbonyl (C=O) groups excluding carboxylic acids is 1. The van der Waals surface area contributed by atoms with Crippen LogP contribution in [-0.4, -0.2) is 46.4 Å². The summed E-state index contributed by atoms with van der Waals surface area (Å²) in [6, 6.07) is 14.5. The van der Waals surface area contributed by atoms with Crippen LogP contribution in [0.25, 0.3) is 11.1 Å². The van der Waals surface area contributed by atoms with Gasteiger partial charge in [0.25, 0.3) is 0 Å². The maximum absolute atomic E-state index is 12.3. The first-order valence-corrected chi connectivity index (χ1v) is 7.69. The third kappa shape index (κ3) is 3.47. The number of hydrogen-bond donors (Lipinski definition) is 3. The Hall–Kier alpha value is -2.08. The molecule has 1 aliphatic rings. The Balaban J connectivity index is 1.85. The second-order valence-corrected chi connectivity index (χ2v) is 5.96. The maximum atomic E-state index is 12.3. The molecule has 0 aromatic heterocycles. The highest BCUT2D eigenvalue weighted by atomic mass is 35.5. The van der Waals surface area contributed by atoms with Crippen molar-refractivity contribution in [2.75, 3.05) is 18.4 Å². The summed E-state index contributed by atoms with van der Waals surface area (Å²) < 4.78 is 0. The molecule has 1 heterocycles. The average Bonchev–Trinajstić information content (AvgIpc) is 2.89. The zero-order chi connectivity index (χ0) is 16.4. The Morgan fingerprint density at radius 1 is 1.09 bits per heavy atom. The summed E-state index contributed by atoms with van der Waals surface area (Å²) in [4.78, 5) is 13.7. The van der Waals surface area contributed by atoms with Crippen LogP contribution < -0.4 is 5.32 Å². The van der Waals surface area contributed by atoms with E-state index in [0.717, 1.165) is 11.1 Å². The molecule has 5 nitrogen and oxygen atoms in total. The summed E-state index contributed by atoms with van der Waals surface area (Å²) in [5.41, 5.74) is 2.38. The Morgan fingerprint density at radius 2 is 1.74 bits per heavy atom. The summed E-state index contributed by atoms with van der Waals surface area (Å²) >= 11 is 6.08. The number of nitrogens with zero attached hydrogens (tertiary/aromatic N) is 1. The molecule has 3 N–H and O–H groups in total. The van der Waals surface area contributed by atoms with Crippen molar-refractivity contribution < 1.29 is 15.0 Å². The molecule has 23 heavy (non-hydrogen) atoms. The van der Waals surface area contributed by atoms with E-state index in [-0.39, 0.29) is 19.1 Å². The van der Waals surface area contributed by atoms with Gasteiger partial charge in [0.05, 0.1) is 31.0 Å². The predicted octanol–water partition coefficient (Wildman–Crippen LogP) is 2.58. The van der Waals surface area contributed by atoms with Gasteiger partial charge in [-0.25, -0.2) is 4.79 Å². The van der Waals surface area contributed by atoms with E-state index < -0.39 is 12.2 Å². The standard InChI is InChI=1S/C17H17ClN2O3/c18-12-6-7-14(13(8-12)11-4-2-1-3-5-11)19-17(23)20-9-15(21)16(22)10-20/h1-8,15-16,21-22H,9-10H2,(H,19,23). The quantitative estimate of drug-likeness (QED) is 0.791. The molecule has 2 amide bonds. The number of halogens is 1. The van der Waals surface area contributed by atoms with Crippen LogP contribution in [0.1, 0.15) is 0 Å². The smallest absolute Gasteiger partial charge is 0.322 e. The van der Waals surface area contributed by atoms with Gasteiger partial charge in [0, 0.05) is 10.6 Å². The van der Waals surface area contributed by atoms with Gasteiger partial charge >= 0.3 is 6.03 Å². The van der Waals surface area contributed by atoms with Crippen LogP contribution in [0.3, 0.4) is 0 Å². The summed E-state index contributed by atoms with van der Waals surface area (Å²) in [5.74, 6) is 0. The van der Waals surface area contributed by atoms with Gasteiger partial charge in [0.1, 0.15) is 0 Å². The molecule has 1 saturated heterocycles. The minimum absolute atomic E-state index is 0.112. The highest BCUT2D eigenvalue weighted by Gasteiger charge is 2.32. The summed E-state index contributed by atoms with van der Waals surface area (Å²) in [6.07, 6.45) is -1.81. The summed E-state index contributed by atoms with van der Waals surface area (Å²) in [7, 11) is 0. The van der Waals surface area contributed by atoms with Crippen LogP contribution in [0.4, 0.5) is 10.5 Å². The number of rotatable bonds is 2. The fourth-order valence-electron chi connectivity index (χ4n) is 2.61. The molecule has 2 aromatic carbocycles. The molecule has 0 aliphatic carbocycles. The van der Waals surface area contributed by atoms with E-state index >= 15 is 0 Å². The lowest BCUT2D eigenvalue weighted by molar-refractivity contribution is 0.0572. The first kappa shape index (κ1) is 15.8. The summed E-state index contributed by atoms with van der Waals surface area (Å²) in [6.45, 7) is 0.225. The third-order valence-corrected chi connectivity index (χ3v) is 4.09. The van der Waals surface area contributed by atoms with Crippen molar-refractivity contribution in [1.29, 1.82) is 0 Å². The first-order valence-electron chi connectivity index (χ1n) is 7.31. The van der Waals surface area contributed by atoms with Crippen molar-refractivity contribution in [3.8, 4) is 11.1 Å². The molecule has 1 aliphatic heterocycles. The lowest BCUT2D eigenvalue weighted by atomic mass is 10.0. The Kier molecular flexibility index (Phi) is 4.52. The Morgan fingerprint density at radius 3 is 2.39 bits per heavy atom. The van der Waals surface area contributed by atoms with Crippen LogP contribution in [0.15, 0.2) is 48.5 Å². The number of aliphatic hydroxyl groups excluding tert-OH is 2. The van der Waals surface area contributed by atoms with E-state index in [2.05, 4.69) is 5.32 Å². The van der Waals surface area contributed by atoms with Crippen molar-refractivity contribution in [2.45, 2.75) is 12.2 Å². The van der Waals surface area contributed by atoms with E-state index in [1.54, 1.807) is 18.2 Å². The SMILES string of the molecule is O=C(Nc1ccc(Cl)cc1-c1ccccc1)N1CC(O)C(O)C1. The maximum Gasteiger partial charge on any atom is 0.322 e. The lowest BCUT2D eigenvalue weighted by Gasteiger charge is -2.18. The normalized spacial score (nSPS) is 20.6. The number of anilines is 1. The van der Waals surface area contributed by atoms with Crippen LogP contribution in [0, 0.1) is 0 Å². The number of aliphatic hydroxyl groups is 2. The molecule has 0 bridgehead atoms. The highest BCUT2D eigenvalue weighted by Crippen LogP contribution is 2.31. The van der Waals surface area contributed by atoms with Crippen LogP contribution in [0.5, 0.6) is 0 Å². The molecule has 0 saturated carbocycles. The van der Waals surface area contributed by atoms with Gasteiger partial charge in [-0.2, -0.15) is 0 Å². The molecular weight excluding hydrogens is 316 g/mol. The molecular formula is C17H17ClN2O3. The molecule has 2 atom stereocenters. The van der Waals surface area contributed by atoms with Gasteiger partial charge in [-0.05, 0) is 23.8 Å². The molecule has 2 aromatic rings. The van der Waals surface area contributed by atoms with Crippen molar-refractivity contribution in [3.63, 3.8) is 0 Å². The Bertz CT molecular complexity index is 698. The van der Waals surface area contributed by atoms with Crippen LogP contribution in [0.2, 0.25) is 5.02 Å². The van der Waals surface area contributed by atoms with Crippen LogP contribution >= 0.6 is 11.6 Å². The summed E-state index contributed by atoms with van der Waals surface area (Å²) in [5, 5.41) is 22.5. The second-order valence-electron chi connectivity index (χ2n) is 5.53. The van der Waals surface area contributed by atoms with E-state index in [1.807, 2.05) is 30.3 Å². The highest BCUT2D eigenvalue weighted by molar-refractivity contribution is 6.31. The molecule has 0 radical (unpaired) electrons. The number of β-amino-alcohol motifs (C(OH)–C–C–N with tert-alkyl or cyclic N) is 2. The van der Waals surface area contributed by atoms with E-state index in [4.69, 9.17) is 11.6 Å². The fraction of sp³-hybridized carbons (Fsp3) is 0.235. The number of amides is 2. The second kappa shape index (κ2) is 6.58. The van der Waals surface area contributed by atoms with E-state index in [9.17, 15) is 15.0 Å². The van der Waals surface area contributed by atoms with Gasteiger partial charge < -0.3 is 20.4 Å². The number of hydrogen-bond acceptors (Lipinski definition) is 3. The van der Waals surface area contributed by atoms with Crippen molar-refractivity contribution in [2.24, 2.45) is 0 Å². The minimum atomic E-state index is -0.903. The molecule has 1 fully saturated rings. The first-order chi connectivity index (χ1) is 11.0. The fourth-order valence-corrected chi connectivity index (χ4v) is 2.78. The molecule has 0 spiro atoms. The average molecular weight is 333 g/mol.